The van der Waals surface area contributed by atoms with Gasteiger partial charge in [0.25, 0.3) is 0 Å². The highest BCUT2D eigenvalue weighted by Gasteiger charge is 2.17. The Morgan fingerprint density at radius 2 is 1.83 bits per heavy atom. The summed E-state index contributed by atoms with van der Waals surface area (Å²) in [6, 6.07) is 10.1. The van der Waals surface area contributed by atoms with Gasteiger partial charge in [0.1, 0.15) is 23.5 Å². The van der Waals surface area contributed by atoms with Gasteiger partial charge in [-0.25, -0.2) is 19.3 Å². The molecule has 3 aromatic heterocycles. The normalized spacial score (nSPS) is 10.9. The third-order valence-corrected chi connectivity index (χ3v) is 3.50. The van der Waals surface area contributed by atoms with E-state index in [1.54, 1.807) is 53.6 Å². The third-order valence-electron chi connectivity index (χ3n) is 3.50. The van der Waals surface area contributed by atoms with Crippen LogP contribution < -0.4 is 0 Å². The van der Waals surface area contributed by atoms with Gasteiger partial charge in [-0.3, -0.25) is 4.68 Å². The number of benzene rings is 1. The van der Waals surface area contributed by atoms with Crippen molar-refractivity contribution in [2.24, 2.45) is 0 Å². The molecule has 4 aromatic rings. The molecule has 6 nitrogen and oxygen atoms in total. The average molecular weight is 321 g/mol. The summed E-state index contributed by atoms with van der Waals surface area (Å²) in [4.78, 5) is 12.6. The first-order valence-corrected chi connectivity index (χ1v) is 7.30. The summed E-state index contributed by atoms with van der Waals surface area (Å²) in [6.45, 7) is 0.247. The Hall–Kier alpha value is -3.35. The van der Waals surface area contributed by atoms with Gasteiger partial charge in [-0.1, -0.05) is 18.2 Å². The maximum atomic E-state index is 14.0. The largest absolute Gasteiger partial charge is 0.443 e. The predicted molar refractivity (Wildman–Crippen MR) is 84.3 cm³/mol. The molecule has 0 radical (unpaired) electrons. The zero-order valence-electron chi connectivity index (χ0n) is 12.5. The van der Waals surface area contributed by atoms with E-state index in [9.17, 15) is 4.39 Å². The monoisotopic (exact) mass is 321 g/mol. The summed E-state index contributed by atoms with van der Waals surface area (Å²) in [6.07, 6.45) is 6.31. The number of nitrogens with zero attached hydrogens (tertiary/aromatic N) is 5. The maximum Gasteiger partial charge on any atom is 0.244 e. The Bertz CT molecular complexity index is 950. The summed E-state index contributed by atoms with van der Waals surface area (Å²) in [5.74, 6) is 0.600. The first-order valence-electron chi connectivity index (χ1n) is 7.30. The van der Waals surface area contributed by atoms with Crippen LogP contribution in [0.1, 0.15) is 5.56 Å². The van der Waals surface area contributed by atoms with Crippen LogP contribution in [-0.2, 0) is 6.54 Å². The highest BCUT2D eigenvalue weighted by molar-refractivity contribution is 5.59. The summed E-state index contributed by atoms with van der Waals surface area (Å²) < 4.78 is 21.0. The van der Waals surface area contributed by atoms with Gasteiger partial charge in [0.15, 0.2) is 5.82 Å². The molecule has 0 saturated carbocycles. The van der Waals surface area contributed by atoms with Gasteiger partial charge in [0, 0.05) is 24.0 Å². The van der Waals surface area contributed by atoms with E-state index < -0.39 is 0 Å². The zero-order valence-corrected chi connectivity index (χ0v) is 12.5. The van der Waals surface area contributed by atoms with Crippen molar-refractivity contribution >= 4 is 0 Å². The van der Waals surface area contributed by atoms with Crippen molar-refractivity contribution in [3.63, 3.8) is 0 Å². The summed E-state index contributed by atoms with van der Waals surface area (Å²) in [7, 11) is 0. The molecule has 0 bridgehead atoms. The van der Waals surface area contributed by atoms with Crippen molar-refractivity contribution in [3.8, 4) is 23.1 Å². The number of hydrogen-bond acceptors (Lipinski definition) is 5. The molecule has 0 aliphatic rings. The SMILES string of the molecule is Fc1ccccc1Cn1nc(-c2ncccn2)cc1-c1ncco1. The molecule has 0 atom stereocenters. The minimum Gasteiger partial charge on any atom is -0.443 e. The van der Waals surface area contributed by atoms with Crippen LogP contribution in [0.4, 0.5) is 4.39 Å². The quantitative estimate of drug-likeness (QED) is 0.577. The Kier molecular flexibility index (Phi) is 3.59. The molecule has 24 heavy (non-hydrogen) atoms. The first kappa shape index (κ1) is 14.3. The summed E-state index contributed by atoms with van der Waals surface area (Å²) in [5.41, 5.74) is 1.72. The van der Waals surface area contributed by atoms with Crippen molar-refractivity contribution in [1.82, 2.24) is 24.7 Å². The third kappa shape index (κ3) is 2.67. The van der Waals surface area contributed by atoms with Crippen LogP contribution in [0.3, 0.4) is 0 Å². The van der Waals surface area contributed by atoms with Gasteiger partial charge in [-0.15, -0.1) is 0 Å². The maximum absolute atomic E-state index is 14.0. The van der Waals surface area contributed by atoms with Crippen LogP contribution >= 0.6 is 0 Å². The van der Waals surface area contributed by atoms with E-state index in [-0.39, 0.29) is 12.4 Å². The van der Waals surface area contributed by atoms with E-state index in [0.717, 1.165) is 0 Å². The van der Waals surface area contributed by atoms with Crippen molar-refractivity contribution in [2.45, 2.75) is 6.54 Å². The van der Waals surface area contributed by atoms with Crippen LogP contribution in [-0.4, -0.2) is 24.7 Å². The van der Waals surface area contributed by atoms with Crippen molar-refractivity contribution < 1.29 is 8.81 Å². The number of halogens is 1. The lowest BCUT2D eigenvalue weighted by Gasteiger charge is -2.06. The minimum atomic E-state index is -0.288. The van der Waals surface area contributed by atoms with Gasteiger partial charge in [0.2, 0.25) is 5.89 Å². The molecule has 118 valence electrons. The van der Waals surface area contributed by atoms with E-state index in [2.05, 4.69) is 20.1 Å². The molecule has 0 unspecified atom stereocenters. The fourth-order valence-electron chi connectivity index (χ4n) is 2.39. The molecular formula is C17H12FN5O. The molecule has 0 N–H and O–H groups in total. The second-order valence-electron chi connectivity index (χ2n) is 5.07. The molecule has 0 fully saturated rings. The molecular weight excluding hydrogens is 309 g/mol. The van der Waals surface area contributed by atoms with Crippen molar-refractivity contribution in [3.05, 3.63) is 72.6 Å². The van der Waals surface area contributed by atoms with E-state index in [0.29, 0.717) is 28.7 Å². The molecule has 4 rings (SSSR count). The highest BCUT2D eigenvalue weighted by atomic mass is 19.1. The number of oxazole rings is 1. The zero-order chi connectivity index (χ0) is 16.4. The number of hydrogen-bond donors (Lipinski definition) is 0. The fraction of sp³-hybridized carbons (Fsp3) is 0.0588. The molecule has 7 heteroatoms. The number of rotatable bonds is 4. The Morgan fingerprint density at radius 3 is 2.58 bits per heavy atom. The van der Waals surface area contributed by atoms with E-state index in [1.165, 1.54) is 12.3 Å². The van der Waals surface area contributed by atoms with Gasteiger partial charge in [-0.2, -0.15) is 5.10 Å². The lowest BCUT2D eigenvalue weighted by Crippen LogP contribution is -2.06. The van der Waals surface area contributed by atoms with Gasteiger partial charge in [0.05, 0.1) is 12.7 Å². The van der Waals surface area contributed by atoms with Crippen molar-refractivity contribution in [1.29, 1.82) is 0 Å². The average Bonchev–Trinajstić information content (AvgIpc) is 3.27. The standard InChI is InChI=1S/C17H12FN5O/c18-13-5-2-1-4-12(13)11-23-15(17-21-8-9-24-17)10-14(22-23)16-19-6-3-7-20-16/h1-10H,11H2. The Labute approximate surface area is 136 Å². The second-order valence-corrected chi connectivity index (χ2v) is 5.07. The van der Waals surface area contributed by atoms with E-state index in [4.69, 9.17) is 4.42 Å². The molecule has 0 saturated heterocycles. The number of aromatic nitrogens is 5. The van der Waals surface area contributed by atoms with Crippen LogP contribution in [0.2, 0.25) is 0 Å². The predicted octanol–water partition coefficient (Wildman–Crippen LogP) is 3.18. The lowest BCUT2D eigenvalue weighted by molar-refractivity contribution is 0.553. The summed E-state index contributed by atoms with van der Waals surface area (Å²) >= 11 is 0. The van der Waals surface area contributed by atoms with Gasteiger partial charge >= 0.3 is 0 Å². The molecule has 3 heterocycles. The van der Waals surface area contributed by atoms with Crippen LogP contribution in [0, 0.1) is 5.82 Å². The fourth-order valence-corrected chi connectivity index (χ4v) is 2.39. The van der Waals surface area contributed by atoms with Crippen LogP contribution in [0.15, 0.2) is 65.7 Å². The first-order chi connectivity index (χ1) is 11.8. The lowest BCUT2D eigenvalue weighted by atomic mass is 10.2. The molecule has 0 spiro atoms. The van der Waals surface area contributed by atoms with Gasteiger partial charge < -0.3 is 4.42 Å². The Balaban J connectivity index is 1.80. The van der Waals surface area contributed by atoms with Gasteiger partial charge in [-0.05, 0) is 12.1 Å². The minimum absolute atomic E-state index is 0.247. The Morgan fingerprint density at radius 1 is 1.00 bits per heavy atom. The molecule has 0 amide bonds. The van der Waals surface area contributed by atoms with E-state index >= 15 is 0 Å². The summed E-state index contributed by atoms with van der Waals surface area (Å²) in [5, 5.41) is 4.50. The van der Waals surface area contributed by atoms with Crippen molar-refractivity contribution in [2.75, 3.05) is 0 Å². The topological polar surface area (TPSA) is 69.6 Å². The second kappa shape index (κ2) is 6.04. The highest BCUT2D eigenvalue weighted by Crippen LogP contribution is 2.24. The molecule has 1 aromatic carbocycles. The van der Waals surface area contributed by atoms with Crippen LogP contribution in [0.25, 0.3) is 23.1 Å². The molecule has 0 aliphatic carbocycles. The smallest absolute Gasteiger partial charge is 0.244 e. The molecule has 0 aliphatic heterocycles. The van der Waals surface area contributed by atoms with E-state index in [1.807, 2.05) is 0 Å². The van der Waals surface area contributed by atoms with Crippen LogP contribution in [0.5, 0.6) is 0 Å².